The van der Waals surface area contributed by atoms with Gasteiger partial charge in [0.05, 0.1) is 14.2 Å². The zero-order chi connectivity index (χ0) is 17.6. The van der Waals surface area contributed by atoms with Crippen molar-refractivity contribution in [1.82, 2.24) is 5.32 Å². The number of hydrogen-bond donors (Lipinski definition) is 1. The summed E-state index contributed by atoms with van der Waals surface area (Å²) in [7, 11) is 3.17. The fourth-order valence-corrected chi connectivity index (χ4v) is 2.43. The van der Waals surface area contributed by atoms with Crippen molar-refractivity contribution < 1.29 is 23.7 Å². The highest BCUT2D eigenvalue weighted by Crippen LogP contribution is 2.32. The zero-order valence-corrected chi connectivity index (χ0v) is 14.1. The van der Waals surface area contributed by atoms with Crippen LogP contribution < -0.4 is 24.3 Å². The van der Waals surface area contributed by atoms with Gasteiger partial charge in [0, 0.05) is 18.2 Å². The van der Waals surface area contributed by atoms with E-state index in [4.69, 9.17) is 18.9 Å². The summed E-state index contributed by atoms with van der Waals surface area (Å²) >= 11 is 0. The first-order valence-corrected chi connectivity index (χ1v) is 7.76. The quantitative estimate of drug-likeness (QED) is 0.819. The minimum atomic E-state index is -0.206. The van der Waals surface area contributed by atoms with Crippen LogP contribution in [-0.2, 0) is 11.3 Å². The van der Waals surface area contributed by atoms with Crippen molar-refractivity contribution in [2.45, 2.75) is 6.54 Å². The molecule has 2 aromatic carbocycles. The average molecular weight is 341 g/mol. The lowest BCUT2D eigenvalue weighted by Gasteiger charge is -2.07. The van der Waals surface area contributed by atoms with E-state index < -0.39 is 0 Å². The number of benzene rings is 2. The summed E-state index contributed by atoms with van der Waals surface area (Å²) in [6.45, 7) is 0.630. The molecule has 25 heavy (non-hydrogen) atoms. The molecule has 0 radical (unpaired) electrons. The predicted molar refractivity (Wildman–Crippen MR) is 93.0 cm³/mol. The Balaban J connectivity index is 1.61. The first-order valence-electron chi connectivity index (χ1n) is 7.76. The molecule has 2 aromatic rings. The Kier molecular flexibility index (Phi) is 5.09. The summed E-state index contributed by atoms with van der Waals surface area (Å²) in [6, 6.07) is 11.0. The van der Waals surface area contributed by atoms with Crippen LogP contribution in [0.5, 0.6) is 23.0 Å². The van der Waals surface area contributed by atoms with Crippen LogP contribution in [0, 0.1) is 0 Å². The van der Waals surface area contributed by atoms with Gasteiger partial charge in [0.15, 0.2) is 11.5 Å². The van der Waals surface area contributed by atoms with E-state index in [9.17, 15) is 4.79 Å². The van der Waals surface area contributed by atoms with E-state index in [0.717, 1.165) is 16.9 Å². The fourth-order valence-electron chi connectivity index (χ4n) is 2.43. The minimum Gasteiger partial charge on any atom is -0.497 e. The first-order chi connectivity index (χ1) is 12.2. The molecule has 1 heterocycles. The summed E-state index contributed by atoms with van der Waals surface area (Å²) in [4.78, 5) is 12.1. The summed E-state index contributed by atoms with van der Waals surface area (Å²) in [6.07, 6.45) is 3.15. The van der Waals surface area contributed by atoms with E-state index in [2.05, 4.69) is 5.32 Å². The molecular weight excluding hydrogens is 322 g/mol. The second-order valence-electron chi connectivity index (χ2n) is 5.35. The van der Waals surface area contributed by atoms with Crippen molar-refractivity contribution in [1.29, 1.82) is 0 Å². The third-order valence-electron chi connectivity index (χ3n) is 3.75. The molecule has 6 heteroatoms. The molecule has 0 fully saturated rings. The largest absolute Gasteiger partial charge is 0.497 e. The number of rotatable bonds is 6. The SMILES string of the molecule is COc1ccc(OC)c(/C=C/C(=O)NCc2ccc3c(c2)OCO3)c1. The standard InChI is InChI=1S/C19H19NO5/c1-22-15-5-7-16(23-2)14(10-15)4-8-19(21)20-11-13-3-6-17-18(9-13)25-12-24-17/h3-10H,11-12H2,1-2H3,(H,20,21)/b8-4+. The maximum Gasteiger partial charge on any atom is 0.244 e. The van der Waals surface area contributed by atoms with Crippen LogP contribution in [0.1, 0.15) is 11.1 Å². The van der Waals surface area contributed by atoms with E-state index in [0.29, 0.717) is 23.8 Å². The third kappa shape index (κ3) is 4.03. The molecular formula is C19H19NO5. The maximum atomic E-state index is 12.1. The van der Waals surface area contributed by atoms with Crippen molar-refractivity contribution in [2.24, 2.45) is 0 Å². The fraction of sp³-hybridized carbons (Fsp3) is 0.211. The van der Waals surface area contributed by atoms with Crippen molar-refractivity contribution in [3.63, 3.8) is 0 Å². The van der Waals surface area contributed by atoms with Crippen LogP contribution in [0.25, 0.3) is 6.08 Å². The lowest BCUT2D eigenvalue weighted by Crippen LogP contribution is -2.20. The summed E-state index contributed by atoms with van der Waals surface area (Å²) in [5, 5.41) is 2.83. The average Bonchev–Trinajstić information content (AvgIpc) is 3.12. The van der Waals surface area contributed by atoms with Gasteiger partial charge in [-0.1, -0.05) is 6.07 Å². The number of carbonyl (C=O) groups is 1. The Morgan fingerprint density at radius 2 is 1.96 bits per heavy atom. The molecule has 0 spiro atoms. The number of fused-ring (bicyclic) bond motifs is 1. The van der Waals surface area contributed by atoms with Gasteiger partial charge in [0.25, 0.3) is 0 Å². The maximum absolute atomic E-state index is 12.1. The molecule has 0 aromatic heterocycles. The first kappa shape index (κ1) is 16.7. The zero-order valence-electron chi connectivity index (χ0n) is 14.1. The van der Waals surface area contributed by atoms with Gasteiger partial charge in [0.2, 0.25) is 12.7 Å². The molecule has 0 saturated carbocycles. The van der Waals surface area contributed by atoms with Crippen LogP contribution >= 0.6 is 0 Å². The molecule has 0 bridgehead atoms. The molecule has 3 rings (SSSR count). The normalized spacial score (nSPS) is 12.2. The van der Waals surface area contributed by atoms with Gasteiger partial charge in [-0.15, -0.1) is 0 Å². The van der Waals surface area contributed by atoms with E-state index >= 15 is 0 Å². The van der Waals surface area contributed by atoms with Gasteiger partial charge < -0.3 is 24.3 Å². The lowest BCUT2D eigenvalue weighted by atomic mass is 10.1. The smallest absolute Gasteiger partial charge is 0.244 e. The van der Waals surface area contributed by atoms with Crippen LogP contribution in [0.4, 0.5) is 0 Å². The lowest BCUT2D eigenvalue weighted by molar-refractivity contribution is -0.116. The second-order valence-corrected chi connectivity index (χ2v) is 5.35. The number of carbonyl (C=O) groups excluding carboxylic acids is 1. The molecule has 1 N–H and O–H groups in total. The number of ether oxygens (including phenoxy) is 4. The molecule has 130 valence electrons. The highest BCUT2D eigenvalue weighted by Gasteiger charge is 2.13. The van der Waals surface area contributed by atoms with Crippen LogP contribution in [0.15, 0.2) is 42.5 Å². The highest BCUT2D eigenvalue weighted by molar-refractivity contribution is 5.92. The van der Waals surface area contributed by atoms with E-state index in [1.54, 1.807) is 38.5 Å². The van der Waals surface area contributed by atoms with Gasteiger partial charge in [-0.25, -0.2) is 0 Å². The van der Waals surface area contributed by atoms with Crippen LogP contribution in [0.3, 0.4) is 0 Å². The van der Waals surface area contributed by atoms with Gasteiger partial charge in [0.1, 0.15) is 11.5 Å². The van der Waals surface area contributed by atoms with Gasteiger partial charge in [-0.3, -0.25) is 4.79 Å². The minimum absolute atomic E-state index is 0.206. The predicted octanol–water partition coefficient (Wildman–Crippen LogP) is 2.76. The van der Waals surface area contributed by atoms with Crippen molar-refractivity contribution >= 4 is 12.0 Å². The second kappa shape index (κ2) is 7.61. The topological polar surface area (TPSA) is 66.0 Å². The van der Waals surface area contributed by atoms with E-state index in [-0.39, 0.29) is 12.7 Å². The molecule has 1 aliphatic rings. The molecule has 0 saturated heterocycles. The Morgan fingerprint density at radius 1 is 1.12 bits per heavy atom. The molecule has 6 nitrogen and oxygen atoms in total. The third-order valence-corrected chi connectivity index (χ3v) is 3.75. The molecule has 1 amide bonds. The Labute approximate surface area is 146 Å². The molecule has 0 unspecified atom stereocenters. The van der Waals surface area contributed by atoms with E-state index in [1.165, 1.54) is 6.08 Å². The summed E-state index contributed by atoms with van der Waals surface area (Å²) < 4.78 is 21.1. The Bertz CT molecular complexity index is 800. The molecule has 1 aliphatic heterocycles. The van der Waals surface area contributed by atoms with Crippen LogP contribution in [0.2, 0.25) is 0 Å². The van der Waals surface area contributed by atoms with Gasteiger partial charge in [-0.2, -0.15) is 0 Å². The number of hydrogen-bond acceptors (Lipinski definition) is 5. The monoisotopic (exact) mass is 341 g/mol. The van der Waals surface area contributed by atoms with Crippen molar-refractivity contribution in [3.05, 3.63) is 53.6 Å². The van der Waals surface area contributed by atoms with Gasteiger partial charge in [-0.05, 0) is 42.0 Å². The van der Waals surface area contributed by atoms with E-state index in [1.807, 2.05) is 18.2 Å². The highest BCUT2D eigenvalue weighted by atomic mass is 16.7. The molecule has 0 atom stereocenters. The van der Waals surface area contributed by atoms with Gasteiger partial charge >= 0.3 is 0 Å². The Hall–Kier alpha value is -3.15. The summed E-state index contributed by atoms with van der Waals surface area (Å²) in [5.41, 5.74) is 1.70. The number of nitrogens with one attached hydrogen (secondary N) is 1. The summed E-state index contributed by atoms with van der Waals surface area (Å²) in [5.74, 6) is 2.58. The van der Waals surface area contributed by atoms with Crippen molar-refractivity contribution in [2.75, 3.05) is 21.0 Å². The Morgan fingerprint density at radius 3 is 2.76 bits per heavy atom. The van der Waals surface area contributed by atoms with Crippen LogP contribution in [-0.4, -0.2) is 26.9 Å². The molecule has 0 aliphatic carbocycles. The number of amides is 1. The number of methoxy groups -OCH3 is 2. The van der Waals surface area contributed by atoms with Crippen molar-refractivity contribution in [3.8, 4) is 23.0 Å².